The highest BCUT2D eigenvalue weighted by Crippen LogP contribution is 2.64. The maximum Gasteiger partial charge on any atom is 0.315 e. The number of carbonyl (C=O) groups excluding carboxylic acids is 2. The summed E-state index contributed by atoms with van der Waals surface area (Å²) in [4.78, 5) is 24.6. The van der Waals surface area contributed by atoms with E-state index >= 15 is 0 Å². The van der Waals surface area contributed by atoms with Crippen molar-refractivity contribution in [3.8, 4) is 5.82 Å². The van der Waals surface area contributed by atoms with Crippen LogP contribution < -0.4 is 0 Å². The number of halogens is 2. The molecule has 25 heavy (non-hydrogen) atoms. The smallest absolute Gasteiger partial charge is 0.315 e. The van der Waals surface area contributed by atoms with Crippen LogP contribution in [0.3, 0.4) is 0 Å². The third-order valence-electron chi connectivity index (χ3n) is 4.62. The summed E-state index contributed by atoms with van der Waals surface area (Å²) in [5, 5.41) is 3.97. The first-order chi connectivity index (χ1) is 11.6. The van der Waals surface area contributed by atoms with Crippen LogP contribution in [0, 0.1) is 26.2 Å². The van der Waals surface area contributed by atoms with E-state index in [1.807, 2.05) is 11.5 Å². The molecule has 1 unspecified atom stereocenters. The number of aryl methyl sites for hydroxylation is 2. The number of hydrogen-bond donors (Lipinski definition) is 0. The Bertz CT molecular complexity index is 868. The van der Waals surface area contributed by atoms with Gasteiger partial charge < -0.3 is 9.26 Å². The Kier molecular flexibility index (Phi) is 4.24. The number of nitrogens with zero attached hydrogens (tertiary/aromatic N) is 2. The number of ketones is 1. The normalized spacial score (nSPS) is 21.2. The zero-order valence-electron chi connectivity index (χ0n) is 14.4. The van der Waals surface area contributed by atoms with Crippen molar-refractivity contribution in [2.45, 2.75) is 38.4 Å². The molecular weight excluding hydrogens is 367 g/mol. The van der Waals surface area contributed by atoms with Gasteiger partial charge in [0.25, 0.3) is 0 Å². The molecule has 134 valence electrons. The fraction of sp³-hybridized carbons (Fsp3) is 0.471. The molecule has 1 fully saturated rings. The Morgan fingerprint density at radius 1 is 1.32 bits per heavy atom. The predicted octanol–water partition coefficient (Wildman–Crippen LogP) is 3.70. The van der Waals surface area contributed by atoms with Gasteiger partial charge >= 0.3 is 5.97 Å². The van der Waals surface area contributed by atoms with Crippen LogP contribution in [0.25, 0.3) is 5.82 Å². The van der Waals surface area contributed by atoms with Crippen LogP contribution in [0.15, 0.2) is 16.7 Å². The SMILES string of the molecule is Cc1cc(-n2c(C)cc(C(=O)COC(=O)C3(C)CC3(Cl)Cl)c2C)no1. The fourth-order valence-corrected chi connectivity index (χ4v) is 3.53. The van der Waals surface area contributed by atoms with Gasteiger partial charge in [-0.25, -0.2) is 0 Å². The van der Waals surface area contributed by atoms with Crippen molar-refractivity contribution in [2.24, 2.45) is 5.41 Å². The molecule has 1 aliphatic carbocycles. The zero-order chi connectivity index (χ0) is 18.6. The van der Waals surface area contributed by atoms with Crippen LogP contribution in [0.5, 0.6) is 0 Å². The van der Waals surface area contributed by atoms with Crippen LogP contribution >= 0.6 is 23.2 Å². The number of carbonyl (C=O) groups is 2. The van der Waals surface area contributed by atoms with E-state index in [1.165, 1.54) is 0 Å². The van der Waals surface area contributed by atoms with Crippen molar-refractivity contribution < 1.29 is 18.8 Å². The van der Waals surface area contributed by atoms with Crippen LogP contribution in [0.4, 0.5) is 0 Å². The second-order valence-corrected chi connectivity index (χ2v) is 8.11. The van der Waals surface area contributed by atoms with E-state index in [4.69, 9.17) is 32.5 Å². The number of rotatable bonds is 5. The highest BCUT2D eigenvalue weighted by Gasteiger charge is 2.69. The Hall–Kier alpha value is -1.79. The van der Waals surface area contributed by atoms with Crippen LogP contribution in [0.1, 0.15) is 40.9 Å². The third kappa shape index (κ3) is 2.98. The lowest BCUT2D eigenvalue weighted by Gasteiger charge is -2.11. The average molecular weight is 385 g/mol. The molecular formula is C17H18Cl2N2O4. The molecule has 1 saturated carbocycles. The maximum atomic E-state index is 12.5. The Morgan fingerprint density at radius 3 is 2.48 bits per heavy atom. The van der Waals surface area contributed by atoms with Crippen LogP contribution in [-0.2, 0) is 9.53 Å². The zero-order valence-corrected chi connectivity index (χ0v) is 15.9. The second-order valence-electron chi connectivity index (χ2n) is 6.63. The van der Waals surface area contributed by atoms with E-state index in [-0.39, 0.29) is 12.4 Å². The molecule has 3 rings (SSSR count). The highest BCUT2D eigenvalue weighted by atomic mass is 35.5. The van der Waals surface area contributed by atoms with E-state index in [0.29, 0.717) is 29.3 Å². The molecule has 2 heterocycles. The number of aromatic nitrogens is 2. The lowest BCUT2D eigenvalue weighted by molar-refractivity contribution is -0.148. The lowest BCUT2D eigenvalue weighted by Crippen LogP contribution is -2.24. The molecule has 6 nitrogen and oxygen atoms in total. The van der Waals surface area contributed by atoms with Gasteiger partial charge in [-0.15, -0.1) is 23.2 Å². The minimum atomic E-state index is -1.12. The van der Waals surface area contributed by atoms with Crippen LogP contribution in [-0.4, -0.2) is 32.4 Å². The monoisotopic (exact) mass is 384 g/mol. The second kappa shape index (κ2) is 5.88. The molecule has 0 saturated heterocycles. The summed E-state index contributed by atoms with van der Waals surface area (Å²) in [6.45, 7) is 6.72. The number of esters is 1. The number of Topliss-reactive ketones (excluding diaryl/α,β-unsaturated/α-hetero) is 1. The molecule has 2 aromatic heterocycles. The van der Waals surface area contributed by atoms with Crippen molar-refractivity contribution in [3.63, 3.8) is 0 Å². The summed E-state index contributed by atoms with van der Waals surface area (Å²) in [7, 11) is 0. The van der Waals surface area contributed by atoms with E-state index in [2.05, 4.69) is 5.16 Å². The van der Waals surface area contributed by atoms with Crippen LogP contribution in [0.2, 0.25) is 0 Å². The first-order valence-corrected chi connectivity index (χ1v) is 8.53. The Labute approximate surface area is 155 Å². The fourth-order valence-electron chi connectivity index (χ4n) is 2.85. The van der Waals surface area contributed by atoms with Gasteiger partial charge in [-0.05, 0) is 33.8 Å². The minimum Gasteiger partial charge on any atom is -0.457 e. The van der Waals surface area contributed by atoms with Gasteiger partial charge in [0, 0.05) is 29.4 Å². The van der Waals surface area contributed by atoms with Crippen molar-refractivity contribution >= 4 is 35.0 Å². The van der Waals surface area contributed by atoms with E-state index in [0.717, 1.165) is 5.69 Å². The standard InChI is InChI=1S/C17H18Cl2N2O4/c1-9-5-12(11(3)21(9)14-6-10(2)25-20-14)13(22)7-24-15(23)16(4)8-17(16,18)19/h5-6H,7-8H2,1-4H3. The van der Waals surface area contributed by atoms with Crippen molar-refractivity contribution in [3.05, 3.63) is 34.8 Å². The predicted molar refractivity (Wildman–Crippen MR) is 92.5 cm³/mol. The quantitative estimate of drug-likeness (QED) is 0.446. The molecule has 0 aromatic carbocycles. The van der Waals surface area contributed by atoms with Gasteiger partial charge in [0.05, 0.1) is 0 Å². The summed E-state index contributed by atoms with van der Waals surface area (Å²) >= 11 is 11.9. The van der Waals surface area contributed by atoms with E-state index in [9.17, 15) is 9.59 Å². The first-order valence-electron chi connectivity index (χ1n) is 7.78. The van der Waals surface area contributed by atoms with Gasteiger partial charge in [0.2, 0.25) is 5.78 Å². The van der Waals surface area contributed by atoms with Crippen molar-refractivity contribution in [2.75, 3.05) is 6.61 Å². The maximum absolute atomic E-state index is 12.5. The molecule has 0 amide bonds. The third-order valence-corrected chi connectivity index (χ3v) is 5.72. The van der Waals surface area contributed by atoms with Gasteiger partial charge in [0.1, 0.15) is 15.5 Å². The van der Waals surface area contributed by atoms with Gasteiger partial charge in [0.15, 0.2) is 12.4 Å². The molecule has 0 bridgehead atoms. The first kappa shape index (κ1) is 18.0. The molecule has 8 heteroatoms. The Balaban J connectivity index is 1.74. The molecule has 0 radical (unpaired) electrons. The van der Waals surface area contributed by atoms with Gasteiger partial charge in [-0.1, -0.05) is 5.16 Å². The molecule has 1 aliphatic rings. The topological polar surface area (TPSA) is 74.3 Å². The van der Waals surface area contributed by atoms with Crippen molar-refractivity contribution in [1.29, 1.82) is 0 Å². The average Bonchev–Trinajstić information content (AvgIpc) is 2.81. The van der Waals surface area contributed by atoms with E-state index < -0.39 is 15.7 Å². The summed E-state index contributed by atoms with van der Waals surface area (Å²) in [6, 6.07) is 3.52. The summed E-state index contributed by atoms with van der Waals surface area (Å²) in [5.41, 5.74) is 1.05. The largest absolute Gasteiger partial charge is 0.457 e. The molecule has 2 aromatic rings. The Morgan fingerprint density at radius 2 is 1.96 bits per heavy atom. The minimum absolute atomic E-state index is 0.299. The highest BCUT2D eigenvalue weighted by molar-refractivity contribution is 6.53. The number of alkyl halides is 2. The van der Waals surface area contributed by atoms with Gasteiger partial charge in [-0.3, -0.25) is 14.2 Å². The summed E-state index contributed by atoms with van der Waals surface area (Å²) in [6.07, 6.45) is 0.316. The molecule has 0 N–H and O–H groups in total. The summed E-state index contributed by atoms with van der Waals surface area (Å²) in [5.74, 6) is 0.411. The van der Waals surface area contributed by atoms with Crippen molar-refractivity contribution in [1.82, 2.24) is 9.72 Å². The summed E-state index contributed by atoms with van der Waals surface area (Å²) < 4.78 is 10.9. The molecule has 0 spiro atoms. The van der Waals surface area contributed by atoms with E-state index in [1.54, 1.807) is 32.9 Å². The number of ether oxygens (including phenoxy) is 1. The molecule has 1 atom stereocenters. The van der Waals surface area contributed by atoms with Gasteiger partial charge in [-0.2, -0.15) is 0 Å². The lowest BCUT2D eigenvalue weighted by atomic mass is 10.1. The number of hydrogen-bond acceptors (Lipinski definition) is 5. The molecule has 0 aliphatic heterocycles.